The Morgan fingerprint density at radius 3 is 2.55 bits per heavy atom. The molecule has 1 aliphatic carbocycles. The second kappa shape index (κ2) is 7.86. The lowest BCUT2D eigenvalue weighted by Crippen LogP contribution is -2.39. The number of rotatable bonds is 5. The summed E-state index contributed by atoms with van der Waals surface area (Å²) < 4.78 is 1.17. The minimum Gasteiger partial charge on any atom is -0.316 e. The molecule has 0 saturated heterocycles. The Labute approximate surface area is 136 Å². The first-order valence-corrected chi connectivity index (χ1v) is 9.42. The Bertz CT molecular complexity index is 413. The van der Waals surface area contributed by atoms with E-state index in [1.54, 1.807) is 0 Å². The van der Waals surface area contributed by atoms with E-state index < -0.39 is 0 Å². The van der Waals surface area contributed by atoms with Gasteiger partial charge < -0.3 is 5.32 Å². The van der Waals surface area contributed by atoms with Crippen LogP contribution in [0.2, 0.25) is 0 Å². The molecule has 20 heavy (non-hydrogen) atoms. The van der Waals surface area contributed by atoms with Gasteiger partial charge in [-0.05, 0) is 62.3 Å². The maximum Gasteiger partial charge on any atom is 0.0187 e. The van der Waals surface area contributed by atoms with Crippen LogP contribution >= 0.6 is 27.7 Å². The van der Waals surface area contributed by atoms with Crippen molar-refractivity contribution in [3.05, 3.63) is 28.7 Å². The summed E-state index contributed by atoms with van der Waals surface area (Å²) in [6.45, 7) is 4.83. The van der Waals surface area contributed by atoms with Crippen LogP contribution in [0.1, 0.15) is 33.1 Å². The van der Waals surface area contributed by atoms with Gasteiger partial charge in [0.1, 0.15) is 0 Å². The Kier molecular flexibility index (Phi) is 6.44. The van der Waals surface area contributed by atoms with E-state index in [-0.39, 0.29) is 0 Å². The van der Waals surface area contributed by atoms with Gasteiger partial charge in [0.15, 0.2) is 0 Å². The topological polar surface area (TPSA) is 12.0 Å². The molecule has 0 spiro atoms. The van der Waals surface area contributed by atoms with Crippen molar-refractivity contribution in [2.45, 2.75) is 44.0 Å². The SMILES string of the molecule is CNC(CSc1cccc(Br)c1)C1CC(C)CC(C)C1. The molecule has 0 aromatic heterocycles. The van der Waals surface area contributed by atoms with Gasteiger partial charge in [-0.15, -0.1) is 11.8 Å². The molecule has 1 N–H and O–H groups in total. The number of benzene rings is 1. The molecule has 1 aromatic carbocycles. The van der Waals surface area contributed by atoms with E-state index >= 15 is 0 Å². The monoisotopic (exact) mass is 355 g/mol. The third-order valence-corrected chi connectivity index (χ3v) is 5.99. The molecule has 1 aromatic rings. The lowest BCUT2D eigenvalue weighted by Gasteiger charge is -2.36. The molecule has 1 saturated carbocycles. The minimum atomic E-state index is 0.629. The van der Waals surface area contributed by atoms with Crippen molar-refractivity contribution < 1.29 is 0 Å². The zero-order valence-corrected chi connectivity index (χ0v) is 15.1. The van der Waals surface area contributed by atoms with Gasteiger partial charge in [0, 0.05) is 21.2 Å². The van der Waals surface area contributed by atoms with E-state index in [1.165, 1.54) is 28.6 Å². The Balaban J connectivity index is 1.91. The van der Waals surface area contributed by atoms with E-state index in [1.807, 2.05) is 11.8 Å². The summed E-state index contributed by atoms with van der Waals surface area (Å²) in [5.41, 5.74) is 0. The molecular weight excluding hydrogens is 330 g/mol. The summed E-state index contributed by atoms with van der Waals surface area (Å²) in [7, 11) is 2.12. The summed E-state index contributed by atoms with van der Waals surface area (Å²) in [6.07, 6.45) is 4.18. The van der Waals surface area contributed by atoms with Crippen molar-refractivity contribution in [3.8, 4) is 0 Å². The number of hydrogen-bond donors (Lipinski definition) is 1. The average Bonchev–Trinajstić information content (AvgIpc) is 2.38. The molecular formula is C17H26BrNS. The molecule has 0 heterocycles. The van der Waals surface area contributed by atoms with Crippen LogP contribution in [0.15, 0.2) is 33.6 Å². The highest BCUT2D eigenvalue weighted by Crippen LogP contribution is 2.36. The highest BCUT2D eigenvalue weighted by atomic mass is 79.9. The van der Waals surface area contributed by atoms with Gasteiger partial charge in [0.05, 0.1) is 0 Å². The van der Waals surface area contributed by atoms with Crippen LogP contribution in [-0.4, -0.2) is 18.8 Å². The molecule has 0 amide bonds. The summed E-state index contributed by atoms with van der Waals surface area (Å²) in [6, 6.07) is 9.25. The molecule has 0 radical (unpaired) electrons. The summed E-state index contributed by atoms with van der Waals surface area (Å²) >= 11 is 5.52. The van der Waals surface area contributed by atoms with Crippen LogP contribution in [0.3, 0.4) is 0 Å². The van der Waals surface area contributed by atoms with Crippen molar-refractivity contribution in [3.63, 3.8) is 0 Å². The predicted octanol–water partition coefficient (Wildman–Crippen LogP) is 5.20. The maximum absolute atomic E-state index is 3.57. The molecule has 0 bridgehead atoms. The van der Waals surface area contributed by atoms with Crippen LogP contribution in [0.25, 0.3) is 0 Å². The minimum absolute atomic E-state index is 0.629. The van der Waals surface area contributed by atoms with Gasteiger partial charge in [0.25, 0.3) is 0 Å². The number of hydrogen-bond acceptors (Lipinski definition) is 2. The van der Waals surface area contributed by atoms with Crippen molar-refractivity contribution in [1.82, 2.24) is 5.32 Å². The van der Waals surface area contributed by atoms with Gasteiger partial charge in [-0.2, -0.15) is 0 Å². The first kappa shape index (κ1) is 16.4. The molecule has 3 unspecified atom stereocenters. The Morgan fingerprint density at radius 1 is 1.25 bits per heavy atom. The molecule has 3 heteroatoms. The fourth-order valence-corrected chi connectivity index (χ4v) is 5.28. The van der Waals surface area contributed by atoms with Gasteiger partial charge >= 0.3 is 0 Å². The highest BCUT2D eigenvalue weighted by Gasteiger charge is 2.29. The van der Waals surface area contributed by atoms with Gasteiger partial charge in [-0.25, -0.2) is 0 Å². The first-order chi connectivity index (χ1) is 9.58. The fourth-order valence-electron chi connectivity index (χ4n) is 3.54. The first-order valence-electron chi connectivity index (χ1n) is 7.64. The Hall–Kier alpha value is 0.01000. The molecule has 2 rings (SSSR count). The highest BCUT2D eigenvalue weighted by molar-refractivity contribution is 9.10. The third-order valence-electron chi connectivity index (χ3n) is 4.38. The van der Waals surface area contributed by atoms with Crippen LogP contribution in [0.4, 0.5) is 0 Å². The molecule has 1 aliphatic rings. The van der Waals surface area contributed by atoms with Gasteiger partial charge in [0.2, 0.25) is 0 Å². The van der Waals surface area contributed by atoms with E-state index in [0.29, 0.717) is 6.04 Å². The molecule has 1 nitrogen and oxygen atoms in total. The lowest BCUT2D eigenvalue weighted by atomic mass is 9.74. The number of thioether (sulfide) groups is 1. The second-order valence-corrected chi connectivity index (χ2v) is 8.35. The van der Waals surface area contributed by atoms with Crippen molar-refractivity contribution in [2.24, 2.45) is 17.8 Å². The molecule has 112 valence electrons. The van der Waals surface area contributed by atoms with Crippen LogP contribution in [-0.2, 0) is 0 Å². The standard InChI is InChI=1S/C17H26BrNS/c1-12-7-13(2)9-14(8-12)17(19-3)11-20-16-6-4-5-15(18)10-16/h4-6,10,12-14,17,19H,7-9,11H2,1-3H3. The quantitative estimate of drug-likeness (QED) is 0.728. The van der Waals surface area contributed by atoms with Crippen molar-refractivity contribution in [2.75, 3.05) is 12.8 Å². The van der Waals surface area contributed by atoms with Crippen LogP contribution in [0.5, 0.6) is 0 Å². The number of halogens is 1. The van der Waals surface area contributed by atoms with Crippen molar-refractivity contribution >= 4 is 27.7 Å². The van der Waals surface area contributed by atoms with Gasteiger partial charge in [-0.3, -0.25) is 0 Å². The summed E-state index contributed by atoms with van der Waals surface area (Å²) in [5.74, 6) is 3.76. The lowest BCUT2D eigenvalue weighted by molar-refractivity contribution is 0.188. The summed E-state index contributed by atoms with van der Waals surface area (Å²) in [5, 5.41) is 3.57. The zero-order valence-electron chi connectivity index (χ0n) is 12.7. The largest absolute Gasteiger partial charge is 0.316 e. The normalized spacial score (nSPS) is 28.3. The average molecular weight is 356 g/mol. The van der Waals surface area contributed by atoms with Crippen LogP contribution in [0, 0.1) is 17.8 Å². The van der Waals surface area contributed by atoms with E-state index in [4.69, 9.17) is 0 Å². The summed E-state index contributed by atoms with van der Waals surface area (Å²) in [4.78, 5) is 1.36. The number of nitrogens with one attached hydrogen (secondary N) is 1. The molecule has 0 aliphatic heterocycles. The zero-order chi connectivity index (χ0) is 14.5. The van der Waals surface area contributed by atoms with E-state index in [0.717, 1.165) is 23.5 Å². The van der Waals surface area contributed by atoms with Crippen molar-refractivity contribution in [1.29, 1.82) is 0 Å². The second-order valence-electron chi connectivity index (χ2n) is 6.34. The molecule has 3 atom stereocenters. The van der Waals surface area contributed by atoms with Gasteiger partial charge in [-0.1, -0.05) is 35.8 Å². The maximum atomic E-state index is 3.57. The Morgan fingerprint density at radius 2 is 1.95 bits per heavy atom. The smallest absolute Gasteiger partial charge is 0.0187 e. The predicted molar refractivity (Wildman–Crippen MR) is 93.4 cm³/mol. The molecule has 1 fully saturated rings. The third kappa shape index (κ3) is 4.78. The van der Waals surface area contributed by atoms with E-state index in [2.05, 4.69) is 66.4 Å². The fraction of sp³-hybridized carbons (Fsp3) is 0.647. The van der Waals surface area contributed by atoms with Crippen LogP contribution < -0.4 is 5.32 Å². The van der Waals surface area contributed by atoms with E-state index in [9.17, 15) is 0 Å².